The molecule has 0 radical (unpaired) electrons. The van der Waals surface area contributed by atoms with Gasteiger partial charge >= 0.3 is 5.97 Å². The summed E-state index contributed by atoms with van der Waals surface area (Å²) < 4.78 is 5.82. The number of amides is 1. The van der Waals surface area contributed by atoms with Crippen LogP contribution in [-0.2, 0) is 25.5 Å². The van der Waals surface area contributed by atoms with Gasteiger partial charge in [-0.3, -0.25) is 14.4 Å². The first-order valence-electron chi connectivity index (χ1n) is 12.9. The van der Waals surface area contributed by atoms with Crippen LogP contribution < -0.4 is 5.32 Å². The van der Waals surface area contributed by atoms with Crippen molar-refractivity contribution in [1.82, 2.24) is 5.32 Å². The lowest BCUT2D eigenvalue weighted by Crippen LogP contribution is -2.58. The minimum absolute atomic E-state index is 0.314. The van der Waals surface area contributed by atoms with Crippen LogP contribution >= 0.6 is 0 Å². The van der Waals surface area contributed by atoms with Crippen molar-refractivity contribution >= 4 is 17.7 Å². The number of carbonyl (C=O) groups is 3. The molecule has 37 heavy (non-hydrogen) atoms. The van der Waals surface area contributed by atoms with Gasteiger partial charge in [0, 0.05) is 30.7 Å². The zero-order valence-electron chi connectivity index (χ0n) is 22.1. The molecule has 1 aliphatic heterocycles. The van der Waals surface area contributed by atoms with Crippen molar-refractivity contribution in [3.8, 4) is 0 Å². The topological polar surface area (TPSA) is 113 Å². The summed E-state index contributed by atoms with van der Waals surface area (Å²) in [5.74, 6) is -2.92. The summed E-state index contributed by atoms with van der Waals surface area (Å²) >= 11 is 0. The van der Waals surface area contributed by atoms with Crippen molar-refractivity contribution in [1.29, 1.82) is 0 Å². The number of aliphatic hydroxyl groups is 2. The Bertz CT molecular complexity index is 1170. The highest BCUT2D eigenvalue weighted by molar-refractivity contribution is 5.91. The van der Waals surface area contributed by atoms with E-state index in [0.717, 1.165) is 16.7 Å². The third-order valence-electron chi connectivity index (χ3n) is 8.49. The Morgan fingerprint density at radius 1 is 1.14 bits per heavy atom. The second-order valence-electron chi connectivity index (χ2n) is 11.0. The van der Waals surface area contributed by atoms with Gasteiger partial charge in [0.1, 0.15) is 17.1 Å². The molecular formula is C30H37NO6. The van der Waals surface area contributed by atoms with Crippen molar-refractivity contribution in [3.63, 3.8) is 0 Å². The SMILES string of the molecule is CC(=O)O[C@@H]1/C=C/[C@@](C)(O)C(=O)[C@@H](C)CC=C[C@H]2[C@H](O)C(C)=C(C)C3[C@H](Cc4ccccc4)NC(=O)[C@@]312. The molecule has 1 heterocycles. The summed E-state index contributed by atoms with van der Waals surface area (Å²) in [4.78, 5) is 39.5. The lowest BCUT2D eigenvalue weighted by atomic mass is 9.54. The number of nitrogens with one attached hydrogen (secondary N) is 1. The second-order valence-corrected chi connectivity index (χ2v) is 11.0. The highest BCUT2D eigenvalue weighted by atomic mass is 16.5. The molecule has 1 fully saturated rings. The van der Waals surface area contributed by atoms with Crippen LogP contribution in [0.15, 0.2) is 65.8 Å². The predicted molar refractivity (Wildman–Crippen MR) is 139 cm³/mol. The van der Waals surface area contributed by atoms with Crippen LogP contribution in [0.5, 0.6) is 0 Å². The Morgan fingerprint density at radius 2 is 1.81 bits per heavy atom. The summed E-state index contributed by atoms with van der Waals surface area (Å²) in [7, 11) is 0. The molecule has 7 heteroatoms. The first kappa shape index (κ1) is 27.0. The summed E-state index contributed by atoms with van der Waals surface area (Å²) in [6.45, 7) is 8.20. The molecule has 3 aliphatic rings. The van der Waals surface area contributed by atoms with E-state index in [1.165, 1.54) is 26.0 Å². The number of esters is 1. The van der Waals surface area contributed by atoms with Gasteiger partial charge in [-0.25, -0.2) is 0 Å². The van der Waals surface area contributed by atoms with E-state index in [-0.39, 0.29) is 17.7 Å². The van der Waals surface area contributed by atoms with E-state index in [0.29, 0.717) is 12.8 Å². The number of Topliss-reactive ketones (excluding diaryl/α,β-unsaturated/α-hetero) is 1. The Labute approximate surface area is 218 Å². The van der Waals surface area contributed by atoms with Crippen LogP contribution in [0.1, 0.15) is 46.6 Å². The van der Waals surface area contributed by atoms with Crippen molar-refractivity contribution in [2.24, 2.45) is 23.2 Å². The minimum Gasteiger partial charge on any atom is -0.457 e. The lowest BCUT2D eigenvalue weighted by Gasteiger charge is -2.49. The standard InChI is InChI=1S/C30H37NO6/c1-17-10-9-13-22-26(33)19(3)18(2)25-23(16-21-11-7-6-8-12-21)31-28(35)30(22,25)24(37-20(4)32)14-15-29(5,36)27(17)34/h6-9,11-15,17,22-26,33,36H,10,16H2,1-5H3,(H,31,35)/b13-9?,15-14+/t17-,22-,23-,24+,25?,26+,29+,30+/m0/s1. The van der Waals surface area contributed by atoms with E-state index in [2.05, 4.69) is 5.32 Å². The summed E-state index contributed by atoms with van der Waals surface area (Å²) in [5, 5.41) is 25.7. The molecule has 0 bridgehead atoms. The number of hydrogen-bond donors (Lipinski definition) is 3. The quantitative estimate of drug-likeness (QED) is 0.428. The molecule has 0 aromatic heterocycles. The number of ether oxygens (including phenoxy) is 1. The number of ketones is 1. The van der Waals surface area contributed by atoms with Gasteiger partial charge in [0.2, 0.25) is 5.91 Å². The highest BCUT2D eigenvalue weighted by Gasteiger charge is 2.67. The van der Waals surface area contributed by atoms with Gasteiger partial charge in [-0.1, -0.05) is 55.0 Å². The largest absolute Gasteiger partial charge is 0.457 e. The maximum absolute atomic E-state index is 14.2. The molecule has 1 amide bonds. The average Bonchev–Trinajstić information content (AvgIpc) is 3.13. The zero-order chi connectivity index (χ0) is 27.1. The van der Waals surface area contributed by atoms with Gasteiger partial charge in [-0.15, -0.1) is 0 Å². The van der Waals surface area contributed by atoms with Gasteiger partial charge in [0.05, 0.1) is 6.10 Å². The molecule has 7 nitrogen and oxygen atoms in total. The van der Waals surface area contributed by atoms with E-state index in [1.807, 2.05) is 44.2 Å². The number of aliphatic hydroxyl groups excluding tert-OH is 1. The van der Waals surface area contributed by atoms with Crippen LogP contribution in [0.2, 0.25) is 0 Å². The Balaban J connectivity index is 1.96. The van der Waals surface area contributed by atoms with E-state index in [9.17, 15) is 24.6 Å². The Morgan fingerprint density at radius 3 is 2.46 bits per heavy atom. The molecule has 8 atom stereocenters. The number of hydrogen-bond acceptors (Lipinski definition) is 6. The van der Waals surface area contributed by atoms with E-state index in [1.54, 1.807) is 19.1 Å². The van der Waals surface area contributed by atoms with Crippen molar-refractivity contribution in [3.05, 3.63) is 71.3 Å². The van der Waals surface area contributed by atoms with E-state index >= 15 is 0 Å². The number of benzene rings is 1. The maximum atomic E-state index is 14.2. The second kappa shape index (κ2) is 10.0. The van der Waals surface area contributed by atoms with Gasteiger partial charge in [-0.05, 0) is 56.9 Å². The van der Waals surface area contributed by atoms with E-state index < -0.39 is 46.9 Å². The smallest absolute Gasteiger partial charge is 0.303 e. The first-order chi connectivity index (χ1) is 17.4. The fourth-order valence-corrected chi connectivity index (χ4v) is 6.54. The van der Waals surface area contributed by atoms with Crippen LogP contribution in [0.4, 0.5) is 0 Å². The molecule has 2 aliphatic carbocycles. The number of allylic oxidation sites excluding steroid dienone is 1. The van der Waals surface area contributed by atoms with Crippen molar-refractivity contribution in [2.75, 3.05) is 0 Å². The van der Waals surface area contributed by atoms with Crippen LogP contribution in [0.25, 0.3) is 0 Å². The monoisotopic (exact) mass is 507 g/mol. The third-order valence-corrected chi connectivity index (χ3v) is 8.49. The number of carbonyl (C=O) groups excluding carboxylic acids is 3. The molecule has 3 N–H and O–H groups in total. The zero-order valence-corrected chi connectivity index (χ0v) is 22.1. The molecule has 198 valence electrons. The minimum atomic E-state index is -1.82. The first-order valence-corrected chi connectivity index (χ1v) is 12.9. The number of rotatable bonds is 3. The summed E-state index contributed by atoms with van der Waals surface area (Å²) in [6.07, 6.45) is 5.17. The molecule has 1 aromatic carbocycles. The Kier molecular flexibility index (Phi) is 7.32. The van der Waals surface area contributed by atoms with Crippen LogP contribution in [0.3, 0.4) is 0 Å². The molecule has 1 saturated heterocycles. The van der Waals surface area contributed by atoms with Gasteiger partial charge in [-0.2, -0.15) is 0 Å². The van der Waals surface area contributed by atoms with Crippen molar-refractivity contribution in [2.45, 2.75) is 71.3 Å². The normalized spacial score (nSPS) is 38.8. The molecule has 1 aromatic rings. The van der Waals surface area contributed by atoms with Gasteiger partial charge in [0.15, 0.2) is 5.78 Å². The van der Waals surface area contributed by atoms with Gasteiger partial charge in [0.25, 0.3) is 0 Å². The fourth-order valence-electron chi connectivity index (χ4n) is 6.54. The fraction of sp³-hybridized carbons (Fsp3) is 0.500. The molecular weight excluding hydrogens is 470 g/mol. The molecule has 1 spiro atoms. The van der Waals surface area contributed by atoms with Crippen LogP contribution in [-0.4, -0.2) is 51.7 Å². The Hall–Kier alpha value is -3.03. The van der Waals surface area contributed by atoms with Crippen LogP contribution in [0, 0.1) is 23.2 Å². The molecule has 1 unspecified atom stereocenters. The third kappa shape index (κ3) is 4.59. The average molecular weight is 508 g/mol. The van der Waals surface area contributed by atoms with Crippen molar-refractivity contribution < 1.29 is 29.3 Å². The van der Waals surface area contributed by atoms with Gasteiger partial charge < -0.3 is 20.3 Å². The highest BCUT2D eigenvalue weighted by Crippen LogP contribution is 2.57. The maximum Gasteiger partial charge on any atom is 0.303 e. The molecule has 4 rings (SSSR count). The lowest BCUT2D eigenvalue weighted by molar-refractivity contribution is -0.161. The molecule has 0 saturated carbocycles. The van der Waals surface area contributed by atoms with E-state index in [4.69, 9.17) is 4.74 Å². The summed E-state index contributed by atoms with van der Waals surface area (Å²) in [6, 6.07) is 9.52. The predicted octanol–water partition coefficient (Wildman–Crippen LogP) is 3.06. The summed E-state index contributed by atoms with van der Waals surface area (Å²) in [5.41, 5.74) is -0.500.